The molecule has 0 saturated heterocycles. The minimum absolute atomic E-state index is 0.373. The molecule has 0 fully saturated rings. The number of carbonyl (C=O) groups is 1. The Morgan fingerprint density at radius 1 is 1.07 bits per heavy atom. The highest BCUT2D eigenvalue weighted by atomic mass is 16.1. The number of hydrogen-bond acceptors (Lipinski definition) is 1. The molecule has 0 unspecified atom stereocenters. The Balaban J connectivity index is 3.42. The molecule has 0 atom stereocenters. The molecular formula is C13H18O. The van der Waals surface area contributed by atoms with Crippen LogP contribution in [0.25, 0.3) is 0 Å². The minimum Gasteiger partial charge on any atom is -0.302 e. The molecule has 0 radical (unpaired) electrons. The summed E-state index contributed by atoms with van der Waals surface area (Å²) in [5.41, 5.74) is 4.46. The average molecular weight is 190 g/mol. The van der Waals surface area contributed by atoms with Crippen LogP contribution in [0, 0.1) is 20.8 Å². The smallest absolute Gasteiger partial charge is 0.129 e. The molecule has 1 aromatic carbocycles. The molecule has 0 saturated carbocycles. The summed E-state index contributed by atoms with van der Waals surface area (Å²) in [6, 6.07) is 4.27. The fourth-order valence-corrected chi connectivity index (χ4v) is 2.26. The van der Waals surface area contributed by atoms with E-state index in [1.165, 1.54) is 16.7 Å². The van der Waals surface area contributed by atoms with Crippen LogP contribution in [-0.4, -0.2) is 6.29 Å². The van der Waals surface area contributed by atoms with Crippen LogP contribution in [0.3, 0.4) is 0 Å². The summed E-state index contributed by atoms with van der Waals surface area (Å²) in [4.78, 5) is 11.0. The second-order valence-corrected chi connectivity index (χ2v) is 4.61. The maximum absolute atomic E-state index is 11.0. The van der Waals surface area contributed by atoms with E-state index in [0.29, 0.717) is 0 Å². The van der Waals surface area contributed by atoms with Gasteiger partial charge in [-0.3, -0.25) is 0 Å². The molecule has 76 valence electrons. The summed E-state index contributed by atoms with van der Waals surface area (Å²) in [7, 11) is 0. The minimum atomic E-state index is -0.373. The van der Waals surface area contributed by atoms with Gasteiger partial charge in [0.1, 0.15) is 6.29 Å². The number of benzene rings is 1. The molecule has 1 aromatic rings. The van der Waals surface area contributed by atoms with Gasteiger partial charge in [-0.05, 0) is 51.3 Å². The Morgan fingerprint density at radius 2 is 1.50 bits per heavy atom. The molecule has 0 N–H and O–H groups in total. The van der Waals surface area contributed by atoms with Crippen molar-refractivity contribution in [3.05, 3.63) is 34.4 Å². The quantitative estimate of drug-likeness (QED) is 0.655. The monoisotopic (exact) mass is 190 g/mol. The standard InChI is InChI=1S/C13H18O/c1-9-6-10(2)12(11(3)7-9)13(4,5)8-14/h6-8H,1-5H3. The van der Waals surface area contributed by atoms with Gasteiger partial charge in [0.2, 0.25) is 0 Å². The predicted molar refractivity (Wildman–Crippen MR) is 59.7 cm³/mol. The summed E-state index contributed by atoms with van der Waals surface area (Å²) in [5, 5.41) is 0. The van der Waals surface area contributed by atoms with Gasteiger partial charge in [-0.2, -0.15) is 0 Å². The zero-order valence-corrected chi connectivity index (χ0v) is 9.64. The van der Waals surface area contributed by atoms with Gasteiger partial charge in [0.05, 0.1) is 0 Å². The van der Waals surface area contributed by atoms with E-state index in [-0.39, 0.29) is 5.41 Å². The maximum Gasteiger partial charge on any atom is 0.129 e. The lowest BCUT2D eigenvalue weighted by Crippen LogP contribution is -2.21. The van der Waals surface area contributed by atoms with E-state index in [0.717, 1.165) is 11.8 Å². The number of rotatable bonds is 2. The third kappa shape index (κ3) is 1.87. The first-order valence-corrected chi connectivity index (χ1v) is 4.93. The van der Waals surface area contributed by atoms with E-state index in [1.54, 1.807) is 0 Å². The highest BCUT2D eigenvalue weighted by Gasteiger charge is 2.23. The van der Waals surface area contributed by atoms with E-state index >= 15 is 0 Å². The summed E-state index contributed by atoms with van der Waals surface area (Å²) in [5.74, 6) is 0. The molecule has 14 heavy (non-hydrogen) atoms. The summed E-state index contributed by atoms with van der Waals surface area (Å²) in [6.45, 7) is 10.1. The van der Waals surface area contributed by atoms with E-state index in [2.05, 4.69) is 32.9 Å². The normalized spacial score (nSPS) is 11.5. The highest BCUT2D eigenvalue weighted by molar-refractivity contribution is 5.69. The second kappa shape index (κ2) is 3.56. The van der Waals surface area contributed by atoms with Gasteiger partial charge in [-0.25, -0.2) is 0 Å². The Kier molecular flexibility index (Phi) is 2.79. The summed E-state index contributed by atoms with van der Waals surface area (Å²) < 4.78 is 0. The van der Waals surface area contributed by atoms with Crippen molar-refractivity contribution in [1.82, 2.24) is 0 Å². The van der Waals surface area contributed by atoms with Crippen molar-refractivity contribution in [1.29, 1.82) is 0 Å². The Bertz CT molecular complexity index is 338. The third-order valence-electron chi connectivity index (χ3n) is 2.62. The van der Waals surface area contributed by atoms with Crippen molar-refractivity contribution in [3.63, 3.8) is 0 Å². The van der Waals surface area contributed by atoms with Crippen LogP contribution < -0.4 is 0 Å². The lowest BCUT2D eigenvalue weighted by atomic mass is 9.80. The molecule has 0 heterocycles. The molecule has 1 nitrogen and oxygen atoms in total. The first-order valence-electron chi connectivity index (χ1n) is 4.93. The molecule has 0 aliphatic carbocycles. The third-order valence-corrected chi connectivity index (χ3v) is 2.62. The second-order valence-electron chi connectivity index (χ2n) is 4.61. The fourth-order valence-electron chi connectivity index (χ4n) is 2.26. The largest absolute Gasteiger partial charge is 0.302 e. The van der Waals surface area contributed by atoms with Gasteiger partial charge in [0, 0.05) is 5.41 Å². The Morgan fingerprint density at radius 3 is 1.86 bits per heavy atom. The predicted octanol–water partition coefficient (Wildman–Crippen LogP) is 3.09. The first kappa shape index (κ1) is 11.0. The summed E-state index contributed by atoms with van der Waals surface area (Å²) >= 11 is 0. The van der Waals surface area contributed by atoms with Crippen LogP contribution in [0.2, 0.25) is 0 Å². The lowest BCUT2D eigenvalue weighted by molar-refractivity contribution is -0.111. The number of aldehydes is 1. The van der Waals surface area contributed by atoms with Crippen LogP contribution >= 0.6 is 0 Å². The van der Waals surface area contributed by atoms with E-state index < -0.39 is 0 Å². The molecule has 0 aromatic heterocycles. The molecule has 1 rings (SSSR count). The molecule has 1 heteroatoms. The van der Waals surface area contributed by atoms with Crippen molar-refractivity contribution in [2.45, 2.75) is 40.0 Å². The topological polar surface area (TPSA) is 17.1 Å². The van der Waals surface area contributed by atoms with E-state index in [1.807, 2.05) is 13.8 Å². The van der Waals surface area contributed by atoms with E-state index in [9.17, 15) is 4.79 Å². The zero-order valence-electron chi connectivity index (χ0n) is 9.64. The van der Waals surface area contributed by atoms with Crippen LogP contribution in [0.4, 0.5) is 0 Å². The number of hydrogen-bond donors (Lipinski definition) is 0. The zero-order chi connectivity index (χ0) is 10.9. The van der Waals surface area contributed by atoms with Gasteiger partial charge in [0.25, 0.3) is 0 Å². The van der Waals surface area contributed by atoms with Crippen molar-refractivity contribution in [2.24, 2.45) is 0 Å². The first-order chi connectivity index (χ1) is 6.38. The van der Waals surface area contributed by atoms with Crippen LogP contribution in [0.5, 0.6) is 0 Å². The van der Waals surface area contributed by atoms with Gasteiger partial charge < -0.3 is 4.79 Å². The Hall–Kier alpha value is -1.11. The summed E-state index contributed by atoms with van der Waals surface area (Å²) in [6.07, 6.45) is 1.03. The molecule has 0 bridgehead atoms. The van der Waals surface area contributed by atoms with Gasteiger partial charge in [-0.1, -0.05) is 17.7 Å². The molecule has 0 spiro atoms. The Labute approximate surface area is 86.1 Å². The van der Waals surface area contributed by atoms with Gasteiger partial charge in [-0.15, -0.1) is 0 Å². The van der Waals surface area contributed by atoms with Crippen molar-refractivity contribution in [3.8, 4) is 0 Å². The van der Waals surface area contributed by atoms with E-state index in [4.69, 9.17) is 0 Å². The fraction of sp³-hybridized carbons (Fsp3) is 0.462. The van der Waals surface area contributed by atoms with Crippen molar-refractivity contribution < 1.29 is 4.79 Å². The SMILES string of the molecule is Cc1cc(C)c(C(C)(C)C=O)c(C)c1. The lowest BCUT2D eigenvalue weighted by Gasteiger charge is -2.23. The van der Waals surface area contributed by atoms with Crippen molar-refractivity contribution in [2.75, 3.05) is 0 Å². The highest BCUT2D eigenvalue weighted by Crippen LogP contribution is 2.28. The van der Waals surface area contributed by atoms with Gasteiger partial charge in [0.15, 0.2) is 0 Å². The van der Waals surface area contributed by atoms with Crippen LogP contribution in [0.15, 0.2) is 12.1 Å². The average Bonchev–Trinajstić information content (AvgIpc) is 2.01. The molecule has 0 aliphatic rings. The number of carbonyl (C=O) groups excluding carboxylic acids is 1. The molecule has 0 amide bonds. The molecule has 0 aliphatic heterocycles. The molecular weight excluding hydrogens is 172 g/mol. The maximum atomic E-state index is 11.0. The van der Waals surface area contributed by atoms with Crippen molar-refractivity contribution >= 4 is 6.29 Å². The number of aryl methyl sites for hydroxylation is 3. The van der Waals surface area contributed by atoms with Crippen LogP contribution in [-0.2, 0) is 10.2 Å². The van der Waals surface area contributed by atoms with Gasteiger partial charge >= 0.3 is 0 Å². The van der Waals surface area contributed by atoms with Crippen LogP contribution in [0.1, 0.15) is 36.1 Å².